The van der Waals surface area contributed by atoms with Crippen LogP contribution >= 0.6 is 15.9 Å². The summed E-state index contributed by atoms with van der Waals surface area (Å²) in [5.41, 5.74) is 6.77. The van der Waals surface area contributed by atoms with Crippen LogP contribution in [0.4, 0.5) is 0 Å². The molecule has 2 rings (SSSR count). The summed E-state index contributed by atoms with van der Waals surface area (Å²) < 4.78 is 27.6. The van der Waals surface area contributed by atoms with E-state index >= 15 is 0 Å². The number of aromatic nitrogens is 2. The number of halogens is 1. The number of nitrogens with zero attached hydrogens (tertiary/aromatic N) is 1. The second-order valence-electron chi connectivity index (χ2n) is 3.88. The normalized spacial score (nSPS) is 11.7. The third kappa shape index (κ3) is 3.41. The molecule has 1 aromatic carbocycles. The molecule has 0 aliphatic carbocycles. The molecular weight excluding hydrogens is 332 g/mol. The minimum absolute atomic E-state index is 0.0185. The summed E-state index contributed by atoms with van der Waals surface area (Å²) in [5.74, 6) is 0. The Kier molecular flexibility index (Phi) is 4.35. The van der Waals surface area contributed by atoms with Crippen LogP contribution in [0.1, 0.15) is 11.1 Å². The first-order chi connectivity index (χ1) is 9.03. The van der Waals surface area contributed by atoms with Crippen LogP contribution in [0.5, 0.6) is 0 Å². The lowest BCUT2D eigenvalue weighted by molar-refractivity contribution is 0.575. The van der Waals surface area contributed by atoms with Gasteiger partial charge >= 0.3 is 0 Å². The third-order valence-electron chi connectivity index (χ3n) is 2.52. The van der Waals surface area contributed by atoms with Crippen molar-refractivity contribution in [1.82, 2.24) is 14.9 Å². The highest BCUT2D eigenvalue weighted by atomic mass is 79.9. The Bertz CT molecular complexity index is 669. The Hall–Kier alpha value is -1.22. The van der Waals surface area contributed by atoms with Gasteiger partial charge in [-0.25, -0.2) is 13.1 Å². The Labute approximate surface area is 119 Å². The summed E-state index contributed by atoms with van der Waals surface area (Å²) in [6.07, 6.45) is 1.41. The average molecular weight is 345 g/mol. The van der Waals surface area contributed by atoms with Crippen molar-refractivity contribution in [3.05, 3.63) is 46.1 Å². The highest BCUT2D eigenvalue weighted by Gasteiger charge is 2.19. The van der Waals surface area contributed by atoms with E-state index in [9.17, 15) is 8.42 Å². The number of hydrogen-bond donors (Lipinski definition) is 3. The van der Waals surface area contributed by atoms with Crippen molar-refractivity contribution in [1.29, 1.82) is 0 Å². The molecule has 19 heavy (non-hydrogen) atoms. The van der Waals surface area contributed by atoms with Crippen LogP contribution in [0, 0.1) is 0 Å². The van der Waals surface area contributed by atoms with Crippen molar-refractivity contribution in [2.45, 2.75) is 18.1 Å². The molecule has 1 heterocycles. The summed E-state index contributed by atoms with van der Waals surface area (Å²) in [6, 6.07) is 7.40. The third-order valence-corrected chi connectivity index (χ3v) is 4.43. The van der Waals surface area contributed by atoms with Gasteiger partial charge < -0.3 is 5.73 Å². The van der Waals surface area contributed by atoms with Gasteiger partial charge in [-0.3, -0.25) is 5.10 Å². The molecular formula is C11H13BrN4O2S. The van der Waals surface area contributed by atoms with Gasteiger partial charge in [0.2, 0.25) is 0 Å². The molecule has 0 spiro atoms. The lowest BCUT2D eigenvalue weighted by Crippen LogP contribution is -2.25. The van der Waals surface area contributed by atoms with Crippen LogP contribution in [-0.2, 0) is 23.1 Å². The van der Waals surface area contributed by atoms with E-state index in [0.29, 0.717) is 5.56 Å². The molecule has 0 atom stereocenters. The van der Waals surface area contributed by atoms with Gasteiger partial charge in [-0.05, 0) is 17.7 Å². The van der Waals surface area contributed by atoms with Gasteiger partial charge in [0.1, 0.15) is 0 Å². The molecule has 2 aromatic rings. The molecule has 4 N–H and O–H groups in total. The highest BCUT2D eigenvalue weighted by molar-refractivity contribution is 9.10. The van der Waals surface area contributed by atoms with Gasteiger partial charge in [-0.1, -0.05) is 28.1 Å². The minimum atomic E-state index is -3.63. The number of sulfonamides is 1. The number of nitrogens with one attached hydrogen (secondary N) is 2. The van der Waals surface area contributed by atoms with Crippen molar-refractivity contribution in [3.63, 3.8) is 0 Å². The quantitative estimate of drug-likeness (QED) is 0.756. The largest absolute Gasteiger partial charge is 0.326 e. The molecule has 0 amide bonds. The topological polar surface area (TPSA) is 101 Å². The lowest BCUT2D eigenvalue weighted by Gasteiger charge is -2.06. The van der Waals surface area contributed by atoms with Crippen LogP contribution in [0.3, 0.4) is 0 Å². The van der Waals surface area contributed by atoms with E-state index in [4.69, 9.17) is 5.73 Å². The highest BCUT2D eigenvalue weighted by Crippen LogP contribution is 2.14. The van der Waals surface area contributed by atoms with Crippen molar-refractivity contribution in [2.24, 2.45) is 5.73 Å². The zero-order valence-electron chi connectivity index (χ0n) is 9.93. The first-order valence-corrected chi connectivity index (χ1v) is 7.77. The summed E-state index contributed by atoms with van der Waals surface area (Å²) in [5, 5.41) is 6.17. The molecule has 0 fully saturated rings. The molecule has 0 aliphatic heterocycles. The summed E-state index contributed by atoms with van der Waals surface area (Å²) in [7, 11) is -3.63. The second-order valence-corrected chi connectivity index (χ2v) is 6.50. The van der Waals surface area contributed by atoms with Gasteiger partial charge in [-0.2, -0.15) is 5.10 Å². The molecule has 0 unspecified atom stereocenters. The van der Waals surface area contributed by atoms with E-state index in [1.54, 1.807) is 0 Å². The number of nitrogens with two attached hydrogens (primary N) is 1. The average Bonchev–Trinajstić information content (AvgIpc) is 2.86. The molecule has 0 saturated heterocycles. The monoisotopic (exact) mass is 344 g/mol. The SMILES string of the molecule is NCc1cn[nH]c1S(=O)(=O)NCc1cccc(Br)c1. The molecule has 102 valence electrons. The fourth-order valence-electron chi connectivity index (χ4n) is 1.57. The predicted molar refractivity (Wildman–Crippen MR) is 74.6 cm³/mol. The molecule has 0 bridgehead atoms. The van der Waals surface area contributed by atoms with Gasteiger partial charge in [0.05, 0.1) is 6.20 Å². The predicted octanol–water partition coefficient (Wildman–Crippen LogP) is 1.11. The molecule has 0 saturated carbocycles. The summed E-state index contributed by atoms with van der Waals surface area (Å²) in [6.45, 7) is 0.314. The maximum Gasteiger partial charge on any atom is 0.258 e. The number of aromatic amines is 1. The van der Waals surface area contributed by atoms with Crippen LogP contribution in [0.2, 0.25) is 0 Å². The zero-order chi connectivity index (χ0) is 13.9. The Morgan fingerprint density at radius 3 is 2.89 bits per heavy atom. The maximum absolute atomic E-state index is 12.1. The van der Waals surface area contributed by atoms with Crippen molar-refractivity contribution >= 4 is 26.0 Å². The van der Waals surface area contributed by atoms with Gasteiger partial charge in [0.25, 0.3) is 10.0 Å². The van der Waals surface area contributed by atoms with Crippen molar-refractivity contribution in [2.75, 3.05) is 0 Å². The smallest absolute Gasteiger partial charge is 0.258 e. The van der Waals surface area contributed by atoms with Crippen molar-refractivity contribution < 1.29 is 8.42 Å². The van der Waals surface area contributed by atoms with Crippen molar-refractivity contribution in [3.8, 4) is 0 Å². The van der Waals surface area contributed by atoms with E-state index in [-0.39, 0.29) is 18.1 Å². The van der Waals surface area contributed by atoms with E-state index in [0.717, 1.165) is 10.0 Å². The van der Waals surface area contributed by atoms with Crippen LogP contribution in [0.15, 0.2) is 40.0 Å². The number of benzene rings is 1. The van der Waals surface area contributed by atoms with Crippen LogP contribution < -0.4 is 10.5 Å². The second kappa shape index (κ2) is 5.83. The first-order valence-electron chi connectivity index (χ1n) is 5.49. The van der Waals surface area contributed by atoms with Crippen LogP contribution in [-0.4, -0.2) is 18.6 Å². The molecule has 8 heteroatoms. The maximum atomic E-state index is 12.1. The molecule has 0 radical (unpaired) electrons. The standard InChI is InChI=1S/C11H13BrN4O2S/c12-10-3-1-2-8(4-10)6-15-19(17,18)11-9(5-13)7-14-16-11/h1-4,7,15H,5-6,13H2,(H,14,16). The lowest BCUT2D eigenvalue weighted by atomic mass is 10.2. The van der Waals surface area contributed by atoms with Gasteiger partial charge in [0.15, 0.2) is 5.03 Å². The summed E-state index contributed by atoms with van der Waals surface area (Å²) >= 11 is 3.33. The number of rotatable bonds is 5. The first kappa shape index (κ1) is 14.2. The van der Waals surface area contributed by atoms with Crippen LogP contribution in [0.25, 0.3) is 0 Å². The fourth-order valence-corrected chi connectivity index (χ4v) is 3.18. The Morgan fingerprint density at radius 2 is 2.21 bits per heavy atom. The summed E-state index contributed by atoms with van der Waals surface area (Å²) in [4.78, 5) is 0. The fraction of sp³-hybridized carbons (Fsp3) is 0.182. The van der Waals surface area contributed by atoms with Gasteiger partial charge in [-0.15, -0.1) is 0 Å². The molecule has 1 aromatic heterocycles. The zero-order valence-corrected chi connectivity index (χ0v) is 12.3. The van der Waals surface area contributed by atoms with Gasteiger partial charge in [0, 0.05) is 23.1 Å². The Morgan fingerprint density at radius 1 is 1.42 bits per heavy atom. The van der Waals surface area contributed by atoms with E-state index in [1.165, 1.54) is 6.20 Å². The number of H-pyrrole nitrogens is 1. The molecule has 0 aliphatic rings. The Balaban J connectivity index is 2.14. The minimum Gasteiger partial charge on any atom is -0.326 e. The van der Waals surface area contributed by atoms with E-state index in [1.807, 2.05) is 24.3 Å². The van der Waals surface area contributed by atoms with E-state index in [2.05, 4.69) is 30.8 Å². The van der Waals surface area contributed by atoms with E-state index < -0.39 is 10.0 Å². The molecule has 6 nitrogen and oxygen atoms in total. The number of hydrogen-bond acceptors (Lipinski definition) is 4.